The lowest BCUT2D eigenvalue weighted by atomic mass is 10.1. The van der Waals surface area contributed by atoms with Crippen molar-refractivity contribution in [3.05, 3.63) is 64.1 Å². The number of carbonyl (C=O) groups excluding carboxylic acids is 1. The Morgan fingerprint density at radius 1 is 1.11 bits per heavy atom. The van der Waals surface area contributed by atoms with Crippen LogP contribution in [0.3, 0.4) is 0 Å². The van der Waals surface area contributed by atoms with Crippen LogP contribution in [0.1, 0.15) is 15.9 Å². The summed E-state index contributed by atoms with van der Waals surface area (Å²) in [6, 6.07) is 14.7. The standard InChI is InChI=1S/C14H11BrClNO/c15-12-3-1-2-4-13(12)17-14(18)11-7-5-10(9-16)6-8-11/h1-8H,9H2,(H,17,18). The molecule has 0 unspecified atom stereocenters. The highest BCUT2D eigenvalue weighted by Crippen LogP contribution is 2.21. The Morgan fingerprint density at radius 3 is 2.39 bits per heavy atom. The highest BCUT2D eigenvalue weighted by Gasteiger charge is 2.07. The van der Waals surface area contributed by atoms with E-state index in [2.05, 4.69) is 21.2 Å². The van der Waals surface area contributed by atoms with Crippen LogP contribution in [0.2, 0.25) is 0 Å². The van der Waals surface area contributed by atoms with Gasteiger partial charge in [-0.2, -0.15) is 0 Å². The Balaban J connectivity index is 2.14. The van der Waals surface area contributed by atoms with Gasteiger partial charge in [0.25, 0.3) is 5.91 Å². The van der Waals surface area contributed by atoms with Crippen LogP contribution < -0.4 is 5.32 Å². The number of rotatable bonds is 3. The van der Waals surface area contributed by atoms with E-state index < -0.39 is 0 Å². The third-order valence-corrected chi connectivity index (χ3v) is 3.49. The maximum atomic E-state index is 12.0. The average Bonchev–Trinajstić information content (AvgIpc) is 2.41. The molecule has 0 heterocycles. The molecule has 1 N–H and O–H groups in total. The summed E-state index contributed by atoms with van der Waals surface area (Å²) in [4.78, 5) is 12.0. The van der Waals surface area contributed by atoms with Crippen molar-refractivity contribution >= 4 is 39.1 Å². The fraction of sp³-hybridized carbons (Fsp3) is 0.0714. The number of nitrogens with one attached hydrogen (secondary N) is 1. The number of amides is 1. The lowest BCUT2D eigenvalue weighted by Gasteiger charge is -2.07. The molecule has 0 aliphatic heterocycles. The number of para-hydroxylation sites is 1. The number of halogens is 2. The van der Waals surface area contributed by atoms with Gasteiger partial charge in [0.15, 0.2) is 0 Å². The number of alkyl halides is 1. The van der Waals surface area contributed by atoms with Gasteiger partial charge in [-0.1, -0.05) is 24.3 Å². The number of carbonyl (C=O) groups is 1. The van der Waals surface area contributed by atoms with Crippen LogP contribution in [0.15, 0.2) is 53.0 Å². The Labute approximate surface area is 119 Å². The molecular weight excluding hydrogens is 314 g/mol. The summed E-state index contributed by atoms with van der Waals surface area (Å²) in [5, 5.41) is 2.85. The minimum absolute atomic E-state index is 0.136. The summed E-state index contributed by atoms with van der Waals surface area (Å²) in [5.41, 5.74) is 2.36. The predicted octanol–water partition coefficient (Wildman–Crippen LogP) is 4.44. The van der Waals surface area contributed by atoms with E-state index in [1.54, 1.807) is 12.1 Å². The fourth-order valence-electron chi connectivity index (χ4n) is 1.50. The second-order valence-electron chi connectivity index (χ2n) is 3.76. The van der Waals surface area contributed by atoms with Crippen molar-refractivity contribution in [2.24, 2.45) is 0 Å². The first kappa shape index (κ1) is 13.1. The molecule has 0 saturated heterocycles. The molecule has 2 aromatic rings. The molecule has 0 aliphatic rings. The molecule has 0 spiro atoms. The van der Waals surface area contributed by atoms with Gasteiger partial charge in [-0.25, -0.2) is 0 Å². The van der Waals surface area contributed by atoms with Crippen molar-refractivity contribution in [2.75, 3.05) is 5.32 Å². The molecule has 18 heavy (non-hydrogen) atoms. The maximum absolute atomic E-state index is 12.0. The van der Waals surface area contributed by atoms with Crippen molar-refractivity contribution in [1.29, 1.82) is 0 Å². The molecule has 0 saturated carbocycles. The second-order valence-corrected chi connectivity index (χ2v) is 4.89. The van der Waals surface area contributed by atoms with Crippen LogP contribution in [0.5, 0.6) is 0 Å². The molecule has 0 radical (unpaired) electrons. The molecule has 92 valence electrons. The molecule has 2 rings (SSSR count). The Kier molecular flexibility index (Phi) is 4.39. The molecule has 0 fully saturated rings. The van der Waals surface area contributed by atoms with Gasteiger partial charge < -0.3 is 5.32 Å². The van der Waals surface area contributed by atoms with Gasteiger partial charge in [0.05, 0.1) is 5.69 Å². The van der Waals surface area contributed by atoms with Crippen LogP contribution >= 0.6 is 27.5 Å². The van der Waals surface area contributed by atoms with Gasteiger partial charge in [-0.3, -0.25) is 4.79 Å². The van der Waals surface area contributed by atoms with E-state index in [1.165, 1.54) is 0 Å². The summed E-state index contributed by atoms with van der Waals surface area (Å²) >= 11 is 9.09. The van der Waals surface area contributed by atoms with Crippen molar-refractivity contribution in [3.63, 3.8) is 0 Å². The van der Waals surface area contributed by atoms with Crippen LogP contribution in [-0.4, -0.2) is 5.91 Å². The van der Waals surface area contributed by atoms with Crippen LogP contribution in [-0.2, 0) is 5.88 Å². The summed E-state index contributed by atoms with van der Waals surface area (Å²) in [5.74, 6) is 0.314. The number of hydrogen-bond donors (Lipinski definition) is 1. The first-order valence-corrected chi connectivity index (χ1v) is 6.74. The summed E-state index contributed by atoms with van der Waals surface area (Å²) in [6.45, 7) is 0. The molecule has 4 heteroatoms. The van der Waals surface area contributed by atoms with Crippen molar-refractivity contribution in [2.45, 2.75) is 5.88 Å². The molecule has 1 amide bonds. The van der Waals surface area contributed by atoms with Crippen LogP contribution in [0, 0.1) is 0 Å². The van der Waals surface area contributed by atoms with Gasteiger partial charge in [-0.05, 0) is 45.8 Å². The Morgan fingerprint density at radius 2 is 1.78 bits per heavy atom. The third kappa shape index (κ3) is 3.12. The summed E-state index contributed by atoms with van der Waals surface area (Å²) < 4.78 is 0.857. The average molecular weight is 325 g/mol. The smallest absolute Gasteiger partial charge is 0.255 e. The van der Waals surface area contributed by atoms with Gasteiger partial charge >= 0.3 is 0 Å². The van der Waals surface area contributed by atoms with Gasteiger partial charge in [0.1, 0.15) is 0 Å². The third-order valence-electron chi connectivity index (χ3n) is 2.49. The van der Waals surface area contributed by atoms with Gasteiger partial charge in [0.2, 0.25) is 0 Å². The number of benzene rings is 2. The number of hydrogen-bond acceptors (Lipinski definition) is 1. The molecule has 2 aromatic carbocycles. The highest BCUT2D eigenvalue weighted by atomic mass is 79.9. The van der Waals surface area contributed by atoms with Crippen LogP contribution in [0.4, 0.5) is 5.69 Å². The zero-order valence-corrected chi connectivity index (χ0v) is 11.8. The lowest BCUT2D eigenvalue weighted by Crippen LogP contribution is -2.12. The maximum Gasteiger partial charge on any atom is 0.255 e. The monoisotopic (exact) mass is 323 g/mol. The minimum Gasteiger partial charge on any atom is -0.321 e. The lowest BCUT2D eigenvalue weighted by molar-refractivity contribution is 0.102. The summed E-state index contributed by atoms with van der Waals surface area (Å²) in [7, 11) is 0. The van der Waals surface area contributed by atoms with Gasteiger partial charge in [-0.15, -0.1) is 11.6 Å². The normalized spacial score (nSPS) is 10.1. The first-order chi connectivity index (χ1) is 8.70. The van der Waals surface area contributed by atoms with E-state index in [1.807, 2.05) is 36.4 Å². The predicted molar refractivity (Wildman–Crippen MR) is 78.1 cm³/mol. The Hall–Kier alpha value is -1.32. The molecule has 0 aromatic heterocycles. The first-order valence-electron chi connectivity index (χ1n) is 5.41. The van der Waals surface area contributed by atoms with E-state index in [9.17, 15) is 4.79 Å². The van der Waals surface area contributed by atoms with E-state index in [0.717, 1.165) is 15.7 Å². The number of anilines is 1. The zero-order chi connectivity index (χ0) is 13.0. The largest absolute Gasteiger partial charge is 0.321 e. The molecule has 0 aliphatic carbocycles. The van der Waals surface area contributed by atoms with E-state index in [4.69, 9.17) is 11.6 Å². The molecule has 0 atom stereocenters. The van der Waals surface area contributed by atoms with E-state index >= 15 is 0 Å². The van der Waals surface area contributed by atoms with E-state index in [-0.39, 0.29) is 5.91 Å². The molecular formula is C14H11BrClNO. The Bertz CT molecular complexity index is 554. The highest BCUT2D eigenvalue weighted by molar-refractivity contribution is 9.10. The molecule has 0 bridgehead atoms. The van der Waals surface area contributed by atoms with Crippen molar-refractivity contribution in [3.8, 4) is 0 Å². The van der Waals surface area contributed by atoms with Crippen LogP contribution in [0.25, 0.3) is 0 Å². The van der Waals surface area contributed by atoms with E-state index in [0.29, 0.717) is 11.4 Å². The fourth-order valence-corrected chi connectivity index (χ4v) is 2.06. The SMILES string of the molecule is O=C(Nc1ccccc1Br)c1ccc(CCl)cc1. The van der Waals surface area contributed by atoms with Gasteiger partial charge in [0, 0.05) is 15.9 Å². The summed E-state index contributed by atoms with van der Waals surface area (Å²) in [6.07, 6.45) is 0. The van der Waals surface area contributed by atoms with Crippen molar-refractivity contribution in [1.82, 2.24) is 0 Å². The zero-order valence-electron chi connectivity index (χ0n) is 9.49. The van der Waals surface area contributed by atoms with Crippen molar-refractivity contribution < 1.29 is 4.79 Å². The quantitative estimate of drug-likeness (QED) is 0.831. The molecule has 2 nitrogen and oxygen atoms in total. The topological polar surface area (TPSA) is 29.1 Å². The minimum atomic E-state index is -0.136. The second kappa shape index (κ2) is 6.03.